The zero-order valence-electron chi connectivity index (χ0n) is 13.2. The van der Waals surface area contributed by atoms with Gasteiger partial charge in [0.05, 0.1) is 6.61 Å². The SMILES string of the molecule is CCNC(CN1CC2CCCN2CC1C)C1CCOC1. The average molecular weight is 281 g/mol. The molecule has 3 aliphatic heterocycles. The lowest BCUT2D eigenvalue weighted by atomic mass is 9.96. The predicted octanol–water partition coefficient (Wildman–Crippen LogP) is 1.17. The van der Waals surface area contributed by atoms with Crippen LogP contribution >= 0.6 is 0 Å². The van der Waals surface area contributed by atoms with E-state index in [-0.39, 0.29) is 0 Å². The summed E-state index contributed by atoms with van der Waals surface area (Å²) in [5, 5.41) is 3.72. The van der Waals surface area contributed by atoms with Crippen molar-refractivity contribution >= 4 is 0 Å². The highest BCUT2D eigenvalue weighted by Crippen LogP contribution is 2.26. The molecule has 0 saturated carbocycles. The molecule has 3 fully saturated rings. The minimum absolute atomic E-state index is 0.609. The fourth-order valence-electron chi connectivity index (χ4n) is 4.27. The summed E-state index contributed by atoms with van der Waals surface area (Å²) in [6.45, 7) is 12.7. The fourth-order valence-corrected chi connectivity index (χ4v) is 4.27. The predicted molar refractivity (Wildman–Crippen MR) is 82.0 cm³/mol. The number of ether oxygens (including phenoxy) is 1. The van der Waals surface area contributed by atoms with Gasteiger partial charge in [0.1, 0.15) is 0 Å². The Bertz CT molecular complexity index is 306. The third-order valence-corrected chi connectivity index (χ3v) is 5.50. The minimum atomic E-state index is 0.609. The van der Waals surface area contributed by atoms with Gasteiger partial charge >= 0.3 is 0 Å². The summed E-state index contributed by atoms with van der Waals surface area (Å²) in [4.78, 5) is 5.44. The third kappa shape index (κ3) is 3.19. The van der Waals surface area contributed by atoms with Crippen molar-refractivity contribution in [3.05, 3.63) is 0 Å². The molecule has 0 bridgehead atoms. The summed E-state index contributed by atoms with van der Waals surface area (Å²) in [6.07, 6.45) is 4.04. The van der Waals surface area contributed by atoms with E-state index in [4.69, 9.17) is 4.74 Å². The monoisotopic (exact) mass is 281 g/mol. The van der Waals surface area contributed by atoms with Gasteiger partial charge in [-0.3, -0.25) is 9.80 Å². The van der Waals surface area contributed by atoms with Gasteiger partial charge in [-0.25, -0.2) is 0 Å². The average Bonchev–Trinajstić information content (AvgIpc) is 3.08. The summed E-state index contributed by atoms with van der Waals surface area (Å²) < 4.78 is 5.60. The second-order valence-electron chi connectivity index (χ2n) is 6.88. The van der Waals surface area contributed by atoms with Gasteiger partial charge in [0.15, 0.2) is 0 Å². The number of nitrogens with zero attached hydrogens (tertiary/aromatic N) is 2. The second kappa shape index (κ2) is 6.73. The van der Waals surface area contributed by atoms with Crippen LogP contribution in [-0.2, 0) is 4.74 Å². The van der Waals surface area contributed by atoms with Crippen LogP contribution < -0.4 is 5.32 Å². The van der Waals surface area contributed by atoms with Crippen LogP contribution in [0.3, 0.4) is 0 Å². The molecule has 0 amide bonds. The molecule has 20 heavy (non-hydrogen) atoms. The summed E-state index contributed by atoms with van der Waals surface area (Å²) in [5.74, 6) is 0.712. The van der Waals surface area contributed by atoms with Gasteiger partial charge in [-0.1, -0.05) is 6.92 Å². The smallest absolute Gasteiger partial charge is 0.0510 e. The lowest BCUT2D eigenvalue weighted by molar-refractivity contribution is 0.0458. The summed E-state index contributed by atoms with van der Waals surface area (Å²) in [5.41, 5.74) is 0. The Morgan fingerprint density at radius 2 is 2.20 bits per heavy atom. The highest BCUT2D eigenvalue weighted by Gasteiger charge is 2.36. The Hall–Kier alpha value is -0.160. The van der Waals surface area contributed by atoms with Crippen LogP contribution in [0.25, 0.3) is 0 Å². The van der Waals surface area contributed by atoms with Crippen LogP contribution in [0.1, 0.15) is 33.1 Å². The van der Waals surface area contributed by atoms with Gasteiger partial charge in [-0.2, -0.15) is 0 Å². The lowest BCUT2D eigenvalue weighted by Crippen LogP contribution is -2.58. The molecule has 116 valence electrons. The highest BCUT2D eigenvalue weighted by atomic mass is 16.5. The molecule has 4 unspecified atom stereocenters. The molecule has 0 aromatic heterocycles. The van der Waals surface area contributed by atoms with Crippen molar-refractivity contribution < 1.29 is 4.74 Å². The molecular formula is C16H31N3O. The molecule has 4 atom stereocenters. The van der Waals surface area contributed by atoms with Crippen molar-refractivity contribution in [3.8, 4) is 0 Å². The van der Waals surface area contributed by atoms with Gasteiger partial charge < -0.3 is 10.1 Å². The van der Waals surface area contributed by atoms with Gasteiger partial charge in [0.2, 0.25) is 0 Å². The molecule has 3 saturated heterocycles. The summed E-state index contributed by atoms with van der Waals surface area (Å²) >= 11 is 0. The van der Waals surface area contributed by atoms with Crippen molar-refractivity contribution in [2.45, 2.75) is 51.2 Å². The molecule has 3 heterocycles. The van der Waals surface area contributed by atoms with Crippen LogP contribution in [0.4, 0.5) is 0 Å². The van der Waals surface area contributed by atoms with Gasteiger partial charge in [0.25, 0.3) is 0 Å². The Labute approximate surface area is 123 Å². The summed E-state index contributed by atoms with van der Waals surface area (Å²) in [6, 6.07) is 2.14. The molecule has 4 heteroatoms. The zero-order chi connectivity index (χ0) is 13.9. The van der Waals surface area contributed by atoms with Crippen molar-refractivity contribution in [1.29, 1.82) is 0 Å². The van der Waals surface area contributed by atoms with E-state index in [0.29, 0.717) is 18.0 Å². The van der Waals surface area contributed by atoms with Crippen molar-refractivity contribution in [2.24, 2.45) is 5.92 Å². The molecule has 0 aliphatic carbocycles. The van der Waals surface area contributed by atoms with E-state index < -0.39 is 0 Å². The van der Waals surface area contributed by atoms with E-state index in [1.807, 2.05) is 0 Å². The number of hydrogen-bond donors (Lipinski definition) is 1. The largest absolute Gasteiger partial charge is 0.381 e. The highest BCUT2D eigenvalue weighted by molar-refractivity contribution is 4.93. The first-order chi connectivity index (χ1) is 9.78. The molecular weight excluding hydrogens is 250 g/mol. The minimum Gasteiger partial charge on any atom is -0.381 e. The maximum absolute atomic E-state index is 5.60. The molecule has 3 aliphatic rings. The first-order valence-electron chi connectivity index (χ1n) is 8.57. The van der Waals surface area contributed by atoms with E-state index in [1.54, 1.807) is 0 Å². The maximum Gasteiger partial charge on any atom is 0.0510 e. The van der Waals surface area contributed by atoms with Crippen LogP contribution in [-0.4, -0.2) is 73.9 Å². The second-order valence-corrected chi connectivity index (χ2v) is 6.88. The molecule has 0 spiro atoms. The van der Waals surface area contributed by atoms with E-state index in [9.17, 15) is 0 Å². The summed E-state index contributed by atoms with van der Waals surface area (Å²) in [7, 11) is 0. The Morgan fingerprint density at radius 1 is 1.30 bits per heavy atom. The number of hydrogen-bond acceptors (Lipinski definition) is 4. The fraction of sp³-hybridized carbons (Fsp3) is 1.00. The lowest BCUT2D eigenvalue weighted by Gasteiger charge is -2.44. The molecule has 3 rings (SSSR count). The van der Waals surface area contributed by atoms with Gasteiger partial charge in [-0.15, -0.1) is 0 Å². The molecule has 0 aromatic carbocycles. The Morgan fingerprint density at radius 3 is 2.95 bits per heavy atom. The number of likely N-dealkylation sites (N-methyl/N-ethyl adjacent to an activating group) is 1. The van der Waals surface area contributed by atoms with Crippen molar-refractivity contribution in [2.75, 3.05) is 45.9 Å². The third-order valence-electron chi connectivity index (χ3n) is 5.50. The van der Waals surface area contributed by atoms with E-state index in [2.05, 4.69) is 29.0 Å². The number of piperazine rings is 1. The maximum atomic E-state index is 5.60. The Kier molecular flexibility index (Phi) is 4.97. The number of nitrogens with one attached hydrogen (secondary N) is 1. The zero-order valence-corrected chi connectivity index (χ0v) is 13.2. The normalized spacial score (nSPS) is 37.2. The first-order valence-corrected chi connectivity index (χ1v) is 8.57. The number of fused-ring (bicyclic) bond motifs is 1. The van der Waals surface area contributed by atoms with E-state index in [1.165, 1.54) is 45.4 Å². The molecule has 0 aromatic rings. The molecule has 4 nitrogen and oxygen atoms in total. The van der Waals surface area contributed by atoms with Crippen LogP contribution in [0.15, 0.2) is 0 Å². The van der Waals surface area contributed by atoms with Gasteiger partial charge in [-0.05, 0) is 39.3 Å². The molecule has 1 N–H and O–H groups in total. The van der Waals surface area contributed by atoms with Crippen LogP contribution in [0.5, 0.6) is 0 Å². The standard InChI is InChI=1S/C16H31N3O/c1-3-17-16(14-6-8-20-12-14)11-19-10-15-5-4-7-18(15)9-13(19)2/h13-17H,3-12H2,1-2H3. The number of rotatable bonds is 5. The van der Waals surface area contributed by atoms with Crippen molar-refractivity contribution in [1.82, 2.24) is 15.1 Å². The van der Waals surface area contributed by atoms with Crippen molar-refractivity contribution in [3.63, 3.8) is 0 Å². The molecule has 0 radical (unpaired) electrons. The Balaban J connectivity index is 1.58. The quantitative estimate of drug-likeness (QED) is 0.819. The van der Waals surface area contributed by atoms with E-state index >= 15 is 0 Å². The topological polar surface area (TPSA) is 27.7 Å². The first kappa shape index (κ1) is 14.8. The van der Waals surface area contributed by atoms with Crippen LogP contribution in [0, 0.1) is 5.92 Å². The van der Waals surface area contributed by atoms with E-state index in [0.717, 1.165) is 25.8 Å². The van der Waals surface area contributed by atoms with Gasteiger partial charge in [0, 0.05) is 50.3 Å². The van der Waals surface area contributed by atoms with Crippen LogP contribution in [0.2, 0.25) is 0 Å².